The van der Waals surface area contributed by atoms with Crippen LogP contribution < -0.4 is 10.6 Å². The summed E-state index contributed by atoms with van der Waals surface area (Å²) in [6.07, 6.45) is -2.43. The summed E-state index contributed by atoms with van der Waals surface area (Å²) in [5, 5.41) is 8.34. The van der Waals surface area contributed by atoms with Gasteiger partial charge in [0.25, 0.3) is 0 Å². The number of rotatable bonds is 5. The molecule has 3 aromatic heterocycles. The van der Waals surface area contributed by atoms with Gasteiger partial charge in [-0.05, 0) is 36.9 Å². The largest absolute Gasteiger partial charge is 0.446 e. The van der Waals surface area contributed by atoms with Crippen molar-refractivity contribution >= 4 is 23.5 Å². The Hall–Kier alpha value is -3.43. The number of alkyl halides is 6. The molecule has 0 fully saturated rings. The highest BCUT2D eigenvalue weighted by atomic mass is 32.2. The van der Waals surface area contributed by atoms with Crippen LogP contribution in [0.2, 0.25) is 0 Å². The minimum Gasteiger partial charge on any atom is -0.328 e. The molecule has 33 heavy (non-hydrogen) atoms. The summed E-state index contributed by atoms with van der Waals surface area (Å²) < 4.78 is 91.2. The van der Waals surface area contributed by atoms with Crippen LogP contribution in [-0.2, 0) is 6.18 Å². The number of carbonyl (C=O) groups excluding carboxylic acids is 1. The molecule has 176 valence electrons. The molecular weight excluding hydrogens is 483 g/mol. The van der Waals surface area contributed by atoms with Gasteiger partial charge in [-0.25, -0.2) is 24.1 Å². The first-order chi connectivity index (χ1) is 15.3. The van der Waals surface area contributed by atoms with E-state index in [1.54, 1.807) is 0 Å². The van der Waals surface area contributed by atoms with Crippen molar-refractivity contribution in [1.82, 2.24) is 30.0 Å². The van der Waals surface area contributed by atoms with Crippen molar-refractivity contribution in [1.29, 1.82) is 0 Å². The lowest BCUT2D eigenvalue weighted by molar-refractivity contribution is -0.141. The van der Waals surface area contributed by atoms with Gasteiger partial charge >= 0.3 is 17.7 Å². The fraction of sp³-hybridized carbons (Fsp3) is 0.235. The maximum absolute atomic E-state index is 13.1. The summed E-state index contributed by atoms with van der Waals surface area (Å²) >= 11 is -0.831. The van der Waals surface area contributed by atoms with E-state index in [9.17, 15) is 35.5 Å². The first-order valence-electron chi connectivity index (χ1n) is 8.76. The van der Waals surface area contributed by atoms with Crippen molar-refractivity contribution in [2.24, 2.45) is 0 Å². The van der Waals surface area contributed by atoms with Crippen LogP contribution in [0.3, 0.4) is 0 Å². The lowest BCUT2D eigenvalue weighted by atomic mass is 10.3. The Morgan fingerprint density at radius 2 is 1.82 bits per heavy atom. The number of anilines is 1. The van der Waals surface area contributed by atoms with Crippen molar-refractivity contribution in [3.8, 4) is 5.82 Å². The Balaban J connectivity index is 1.78. The standard InChI is InChI=1S/C17H12F7N7OS/c1-8(14-27-7-28-31(14)13-3-2-9(18)5-26-13)29-15(32)30-10-6-25-12(16(19,20)21)4-11(10)33-17(22,23)24/h2-8H,1H3,(H2,29,30,32). The van der Waals surface area contributed by atoms with Gasteiger partial charge in [0.1, 0.15) is 17.8 Å². The lowest BCUT2D eigenvalue weighted by Crippen LogP contribution is -2.33. The highest BCUT2D eigenvalue weighted by Crippen LogP contribution is 2.42. The number of pyridine rings is 2. The summed E-state index contributed by atoms with van der Waals surface area (Å²) in [4.78, 5) is 22.3. The average molecular weight is 495 g/mol. The molecule has 3 aromatic rings. The van der Waals surface area contributed by atoms with E-state index in [0.717, 1.165) is 18.6 Å². The third-order valence-corrected chi connectivity index (χ3v) is 4.66. The lowest BCUT2D eigenvalue weighted by Gasteiger charge is -2.17. The molecule has 0 saturated carbocycles. The van der Waals surface area contributed by atoms with Gasteiger partial charge < -0.3 is 10.6 Å². The Labute approximate surface area is 184 Å². The maximum Gasteiger partial charge on any atom is 0.446 e. The quantitative estimate of drug-likeness (QED) is 0.393. The van der Waals surface area contributed by atoms with Crippen molar-refractivity contribution < 1.29 is 35.5 Å². The van der Waals surface area contributed by atoms with Crippen molar-refractivity contribution in [3.05, 3.63) is 54.3 Å². The molecule has 1 atom stereocenters. The second-order valence-corrected chi connectivity index (χ2v) is 7.40. The van der Waals surface area contributed by atoms with Gasteiger partial charge in [-0.15, -0.1) is 0 Å². The summed E-state index contributed by atoms with van der Waals surface area (Å²) in [7, 11) is 0. The maximum atomic E-state index is 13.1. The predicted molar refractivity (Wildman–Crippen MR) is 101 cm³/mol. The molecule has 0 bridgehead atoms. The van der Waals surface area contributed by atoms with E-state index in [1.807, 2.05) is 5.32 Å². The fourth-order valence-electron chi connectivity index (χ4n) is 2.53. The third kappa shape index (κ3) is 6.30. The van der Waals surface area contributed by atoms with Gasteiger partial charge in [0.2, 0.25) is 0 Å². The zero-order valence-corrected chi connectivity index (χ0v) is 17.1. The normalized spacial score (nSPS) is 13.0. The first-order valence-corrected chi connectivity index (χ1v) is 9.57. The molecule has 2 amide bonds. The summed E-state index contributed by atoms with van der Waals surface area (Å²) in [6.45, 7) is 1.46. The molecule has 2 N–H and O–H groups in total. The average Bonchev–Trinajstić information content (AvgIpc) is 3.18. The highest BCUT2D eigenvalue weighted by molar-refractivity contribution is 8.00. The predicted octanol–water partition coefficient (Wildman–Crippen LogP) is 4.71. The number of aromatic nitrogens is 5. The van der Waals surface area contributed by atoms with E-state index < -0.39 is 57.6 Å². The van der Waals surface area contributed by atoms with Gasteiger partial charge in [-0.3, -0.25) is 0 Å². The second-order valence-electron chi connectivity index (χ2n) is 6.30. The number of amides is 2. The Morgan fingerprint density at radius 1 is 1.09 bits per heavy atom. The molecule has 0 aliphatic carbocycles. The highest BCUT2D eigenvalue weighted by Gasteiger charge is 2.36. The minimum absolute atomic E-state index is 0.139. The number of thioether (sulfide) groups is 1. The Kier molecular flexibility index (Phi) is 6.76. The van der Waals surface area contributed by atoms with E-state index in [0.29, 0.717) is 6.20 Å². The third-order valence-electron chi connectivity index (χ3n) is 3.87. The topological polar surface area (TPSA) is 97.6 Å². The van der Waals surface area contributed by atoms with Gasteiger partial charge in [-0.1, -0.05) is 0 Å². The number of hydrogen-bond acceptors (Lipinski definition) is 6. The van der Waals surface area contributed by atoms with Crippen molar-refractivity contribution in [2.75, 3.05) is 5.32 Å². The molecule has 0 aliphatic heterocycles. The SMILES string of the molecule is CC(NC(=O)Nc1cnc(C(F)(F)F)cc1SC(F)(F)F)c1ncnn1-c1ccc(F)cn1. The van der Waals surface area contributed by atoms with Crippen molar-refractivity contribution in [2.45, 2.75) is 29.5 Å². The van der Waals surface area contributed by atoms with E-state index in [-0.39, 0.29) is 17.7 Å². The van der Waals surface area contributed by atoms with Crippen LogP contribution in [0.4, 0.5) is 41.2 Å². The fourth-order valence-corrected chi connectivity index (χ4v) is 3.16. The van der Waals surface area contributed by atoms with Crippen LogP contribution in [0, 0.1) is 5.82 Å². The molecule has 8 nitrogen and oxygen atoms in total. The van der Waals surface area contributed by atoms with Gasteiger partial charge in [0.15, 0.2) is 11.6 Å². The van der Waals surface area contributed by atoms with Crippen LogP contribution in [-0.4, -0.2) is 36.3 Å². The molecule has 0 radical (unpaired) electrons. The van der Waals surface area contributed by atoms with Crippen molar-refractivity contribution in [3.63, 3.8) is 0 Å². The zero-order chi connectivity index (χ0) is 24.4. The summed E-state index contributed by atoms with van der Waals surface area (Å²) in [5.41, 5.74) is -7.05. The number of nitrogens with zero attached hydrogens (tertiary/aromatic N) is 5. The molecule has 0 spiro atoms. The Morgan fingerprint density at radius 3 is 2.42 bits per heavy atom. The van der Waals surface area contributed by atoms with Crippen LogP contribution in [0.25, 0.3) is 5.82 Å². The summed E-state index contributed by atoms with van der Waals surface area (Å²) in [6, 6.07) is 0.675. The van der Waals surface area contributed by atoms with E-state index in [1.165, 1.54) is 17.7 Å². The first kappa shape index (κ1) is 24.2. The minimum atomic E-state index is -4.98. The second kappa shape index (κ2) is 9.21. The number of nitrogens with one attached hydrogen (secondary N) is 2. The van der Waals surface area contributed by atoms with E-state index in [4.69, 9.17) is 0 Å². The van der Waals surface area contributed by atoms with Gasteiger partial charge in [0.05, 0.1) is 24.1 Å². The number of carbonyl (C=O) groups is 1. The summed E-state index contributed by atoms with van der Waals surface area (Å²) in [5.74, 6) is -0.280. The molecular formula is C17H12F7N7OS. The van der Waals surface area contributed by atoms with Crippen LogP contribution in [0.1, 0.15) is 24.5 Å². The van der Waals surface area contributed by atoms with Gasteiger partial charge in [0, 0.05) is 4.90 Å². The molecule has 0 saturated heterocycles. The smallest absolute Gasteiger partial charge is 0.328 e. The monoisotopic (exact) mass is 495 g/mol. The molecule has 1 unspecified atom stereocenters. The van der Waals surface area contributed by atoms with E-state index >= 15 is 0 Å². The molecule has 0 aliphatic rings. The Bertz CT molecular complexity index is 1130. The molecule has 0 aromatic carbocycles. The number of hydrogen-bond donors (Lipinski definition) is 2. The van der Waals surface area contributed by atoms with Crippen LogP contribution >= 0.6 is 11.8 Å². The van der Waals surface area contributed by atoms with E-state index in [2.05, 4.69) is 25.4 Å². The number of halogens is 7. The van der Waals surface area contributed by atoms with Gasteiger partial charge in [-0.2, -0.15) is 36.1 Å². The number of urea groups is 1. The van der Waals surface area contributed by atoms with Crippen LogP contribution in [0.15, 0.2) is 41.8 Å². The molecule has 3 heterocycles. The molecule has 3 rings (SSSR count). The van der Waals surface area contributed by atoms with Crippen LogP contribution in [0.5, 0.6) is 0 Å². The zero-order valence-electron chi connectivity index (χ0n) is 16.2. The molecule has 16 heteroatoms.